The summed E-state index contributed by atoms with van der Waals surface area (Å²) in [6, 6.07) is 5.44. The van der Waals surface area contributed by atoms with E-state index >= 15 is 0 Å². The molecule has 0 atom stereocenters. The van der Waals surface area contributed by atoms with E-state index in [1.807, 2.05) is 32.9 Å². The molecule has 0 spiro atoms. The molecule has 0 unspecified atom stereocenters. The second kappa shape index (κ2) is 4.82. The minimum atomic E-state index is 0.203. The Hall–Kier alpha value is -1.81. The number of anilines is 1. The summed E-state index contributed by atoms with van der Waals surface area (Å²) in [5, 5.41) is 0.690. The number of nitrogens with zero attached hydrogens (tertiary/aromatic N) is 2. The van der Waals surface area contributed by atoms with Gasteiger partial charge in [-0.15, -0.1) is 0 Å². The smallest absolute Gasteiger partial charge is 0.224 e. The second-order valence-corrected chi connectivity index (χ2v) is 4.61. The van der Waals surface area contributed by atoms with Crippen molar-refractivity contribution in [2.24, 2.45) is 0 Å². The number of hydrogen-bond acceptors (Lipinski definition) is 4. The molecule has 94 valence electrons. The fraction of sp³-hybridized carbons (Fsp3) is 0.231. The predicted molar refractivity (Wildman–Crippen MR) is 72.2 cm³/mol. The summed E-state index contributed by atoms with van der Waals surface area (Å²) in [4.78, 5) is 8.05. The molecular formula is C13H14ClN3O. The van der Waals surface area contributed by atoms with Crippen LogP contribution in [0.4, 0.5) is 5.95 Å². The normalized spacial score (nSPS) is 10.4. The van der Waals surface area contributed by atoms with Crippen LogP contribution in [-0.2, 0) is 0 Å². The van der Waals surface area contributed by atoms with Crippen molar-refractivity contribution < 1.29 is 4.74 Å². The SMILES string of the molecule is Cc1cc(Oc2c(C)cc(Cl)cc2C)nc(N)n1. The van der Waals surface area contributed by atoms with Crippen LogP contribution in [0.1, 0.15) is 16.8 Å². The highest BCUT2D eigenvalue weighted by molar-refractivity contribution is 6.30. The van der Waals surface area contributed by atoms with Gasteiger partial charge in [0.25, 0.3) is 0 Å². The van der Waals surface area contributed by atoms with Crippen LogP contribution >= 0.6 is 11.6 Å². The lowest BCUT2D eigenvalue weighted by molar-refractivity contribution is 0.455. The number of hydrogen-bond donors (Lipinski definition) is 1. The van der Waals surface area contributed by atoms with Crippen molar-refractivity contribution in [2.75, 3.05) is 5.73 Å². The second-order valence-electron chi connectivity index (χ2n) is 4.18. The van der Waals surface area contributed by atoms with Crippen molar-refractivity contribution in [2.45, 2.75) is 20.8 Å². The van der Waals surface area contributed by atoms with Gasteiger partial charge in [0.05, 0.1) is 0 Å². The summed E-state index contributed by atoms with van der Waals surface area (Å²) < 4.78 is 5.77. The summed E-state index contributed by atoms with van der Waals surface area (Å²) in [5.74, 6) is 1.39. The zero-order valence-electron chi connectivity index (χ0n) is 10.5. The van der Waals surface area contributed by atoms with Crippen LogP contribution in [0.2, 0.25) is 5.02 Å². The van der Waals surface area contributed by atoms with E-state index in [0.717, 1.165) is 22.6 Å². The summed E-state index contributed by atoms with van der Waals surface area (Å²) in [7, 11) is 0. The Morgan fingerprint density at radius 2 is 1.67 bits per heavy atom. The van der Waals surface area contributed by atoms with Crippen molar-refractivity contribution in [3.8, 4) is 11.6 Å². The third-order valence-corrected chi connectivity index (χ3v) is 2.70. The lowest BCUT2D eigenvalue weighted by Gasteiger charge is -2.12. The first-order chi connectivity index (χ1) is 8.45. The summed E-state index contributed by atoms with van der Waals surface area (Å²) in [5.41, 5.74) is 8.26. The Morgan fingerprint density at radius 3 is 2.22 bits per heavy atom. The van der Waals surface area contributed by atoms with Crippen LogP contribution in [0.3, 0.4) is 0 Å². The average Bonchev–Trinajstić information content (AvgIpc) is 2.22. The standard InChI is InChI=1S/C13H14ClN3O/c1-7-4-10(14)5-8(2)12(7)18-11-6-9(3)16-13(15)17-11/h4-6H,1-3H3,(H2,15,16,17). The maximum absolute atomic E-state index is 5.97. The van der Waals surface area contributed by atoms with E-state index in [1.54, 1.807) is 6.07 Å². The molecule has 1 aromatic heterocycles. The molecule has 1 heterocycles. The van der Waals surface area contributed by atoms with Crippen molar-refractivity contribution in [1.29, 1.82) is 0 Å². The lowest BCUT2D eigenvalue weighted by atomic mass is 10.1. The van der Waals surface area contributed by atoms with Gasteiger partial charge in [-0.1, -0.05) is 11.6 Å². The molecule has 0 aliphatic rings. The zero-order valence-corrected chi connectivity index (χ0v) is 11.2. The zero-order chi connectivity index (χ0) is 13.3. The van der Waals surface area contributed by atoms with Crippen LogP contribution in [0.15, 0.2) is 18.2 Å². The van der Waals surface area contributed by atoms with Gasteiger partial charge in [-0.25, -0.2) is 4.98 Å². The minimum Gasteiger partial charge on any atom is -0.438 e. The molecule has 0 radical (unpaired) electrons. The van der Waals surface area contributed by atoms with Gasteiger partial charge >= 0.3 is 0 Å². The maximum atomic E-state index is 5.97. The van der Waals surface area contributed by atoms with E-state index in [2.05, 4.69) is 9.97 Å². The molecule has 0 aliphatic heterocycles. The summed E-state index contributed by atoms with van der Waals surface area (Å²) in [6.45, 7) is 5.71. The Bertz CT molecular complexity index is 556. The molecule has 2 N–H and O–H groups in total. The fourth-order valence-corrected chi connectivity index (χ4v) is 2.10. The van der Waals surface area contributed by atoms with E-state index in [1.165, 1.54) is 0 Å². The van der Waals surface area contributed by atoms with E-state index in [9.17, 15) is 0 Å². The number of aryl methyl sites for hydroxylation is 3. The van der Waals surface area contributed by atoms with Gasteiger partial charge in [0.2, 0.25) is 11.8 Å². The Balaban J connectivity index is 2.40. The monoisotopic (exact) mass is 263 g/mol. The Morgan fingerprint density at radius 1 is 1.06 bits per heavy atom. The summed E-state index contributed by atoms with van der Waals surface area (Å²) >= 11 is 5.97. The number of halogens is 1. The molecule has 0 fully saturated rings. The number of nitrogen functional groups attached to an aromatic ring is 1. The quantitative estimate of drug-likeness (QED) is 0.902. The largest absolute Gasteiger partial charge is 0.438 e. The lowest BCUT2D eigenvalue weighted by Crippen LogP contribution is -2.00. The molecule has 0 saturated carbocycles. The van der Waals surface area contributed by atoms with E-state index < -0.39 is 0 Å². The highest BCUT2D eigenvalue weighted by Gasteiger charge is 2.09. The molecule has 0 saturated heterocycles. The molecule has 4 nitrogen and oxygen atoms in total. The number of aromatic nitrogens is 2. The van der Waals surface area contributed by atoms with Crippen molar-refractivity contribution >= 4 is 17.5 Å². The van der Waals surface area contributed by atoms with E-state index in [-0.39, 0.29) is 5.95 Å². The van der Waals surface area contributed by atoms with Gasteiger partial charge in [0, 0.05) is 16.8 Å². The third-order valence-electron chi connectivity index (χ3n) is 2.48. The van der Waals surface area contributed by atoms with E-state index in [0.29, 0.717) is 10.9 Å². The highest BCUT2D eigenvalue weighted by Crippen LogP contribution is 2.30. The van der Waals surface area contributed by atoms with Gasteiger partial charge in [-0.05, 0) is 44.0 Å². The first kappa shape index (κ1) is 12.6. The number of ether oxygens (including phenoxy) is 1. The Labute approximate surface area is 111 Å². The number of nitrogens with two attached hydrogens (primary N) is 1. The Kier molecular flexibility index (Phi) is 3.39. The molecule has 0 bridgehead atoms. The molecule has 18 heavy (non-hydrogen) atoms. The van der Waals surface area contributed by atoms with Crippen LogP contribution in [0.25, 0.3) is 0 Å². The first-order valence-corrected chi connectivity index (χ1v) is 5.89. The van der Waals surface area contributed by atoms with Crippen LogP contribution in [0, 0.1) is 20.8 Å². The summed E-state index contributed by atoms with van der Waals surface area (Å²) in [6.07, 6.45) is 0. The molecule has 5 heteroatoms. The first-order valence-electron chi connectivity index (χ1n) is 5.51. The third kappa shape index (κ3) is 2.71. The maximum Gasteiger partial charge on any atom is 0.224 e. The van der Waals surface area contributed by atoms with Crippen molar-refractivity contribution in [1.82, 2.24) is 9.97 Å². The van der Waals surface area contributed by atoms with Gasteiger partial charge in [-0.3, -0.25) is 0 Å². The van der Waals surface area contributed by atoms with Gasteiger partial charge in [-0.2, -0.15) is 4.98 Å². The fourth-order valence-electron chi connectivity index (χ4n) is 1.78. The number of benzene rings is 1. The minimum absolute atomic E-state index is 0.203. The van der Waals surface area contributed by atoms with Crippen LogP contribution in [-0.4, -0.2) is 9.97 Å². The highest BCUT2D eigenvalue weighted by atomic mass is 35.5. The molecule has 0 aliphatic carbocycles. The average molecular weight is 264 g/mol. The molecule has 2 aromatic rings. The molecule has 2 rings (SSSR count). The van der Waals surface area contributed by atoms with Crippen LogP contribution in [0.5, 0.6) is 11.6 Å². The molecular weight excluding hydrogens is 250 g/mol. The van der Waals surface area contributed by atoms with E-state index in [4.69, 9.17) is 22.1 Å². The van der Waals surface area contributed by atoms with Gasteiger partial charge in [0.1, 0.15) is 5.75 Å². The molecule has 0 amide bonds. The van der Waals surface area contributed by atoms with Gasteiger partial charge in [0.15, 0.2) is 0 Å². The van der Waals surface area contributed by atoms with Crippen LogP contribution < -0.4 is 10.5 Å². The molecule has 1 aromatic carbocycles. The van der Waals surface area contributed by atoms with Crippen molar-refractivity contribution in [3.05, 3.63) is 40.0 Å². The van der Waals surface area contributed by atoms with Crippen molar-refractivity contribution in [3.63, 3.8) is 0 Å². The topological polar surface area (TPSA) is 61.0 Å². The predicted octanol–water partition coefficient (Wildman–Crippen LogP) is 3.43. The van der Waals surface area contributed by atoms with Gasteiger partial charge < -0.3 is 10.5 Å². The number of rotatable bonds is 2.